The average molecular weight is 260 g/mol. The predicted molar refractivity (Wildman–Crippen MR) is 81.8 cm³/mol. The minimum atomic E-state index is 0.460. The molecule has 0 aromatic heterocycles. The van der Waals surface area contributed by atoms with Crippen LogP contribution in [-0.2, 0) is 13.1 Å². The molecule has 1 saturated heterocycles. The Morgan fingerprint density at radius 1 is 1.11 bits per heavy atom. The van der Waals surface area contributed by atoms with Gasteiger partial charge in [-0.15, -0.1) is 0 Å². The lowest BCUT2D eigenvalue weighted by Gasteiger charge is -2.39. The first-order valence-electron chi connectivity index (χ1n) is 7.50. The van der Waals surface area contributed by atoms with Crippen LogP contribution in [0, 0.1) is 11.3 Å². The Morgan fingerprint density at radius 3 is 2.21 bits per heavy atom. The van der Waals surface area contributed by atoms with E-state index >= 15 is 0 Å². The molecule has 1 heterocycles. The quantitative estimate of drug-likeness (QED) is 0.902. The number of piperidine rings is 1. The van der Waals surface area contributed by atoms with E-state index in [0.29, 0.717) is 12.0 Å². The van der Waals surface area contributed by atoms with E-state index in [0.717, 1.165) is 12.5 Å². The van der Waals surface area contributed by atoms with Crippen LogP contribution in [0.4, 0.5) is 0 Å². The van der Waals surface area contributed by atoms with Gasteiger partial charge in [0.05, 0.1) is 0 Å². The molecule has 0 aliphatic carbocycles. The molecule has 2 heteroatoms. The molecule has 2 rings (SSSR count). The number of likely N-dealkylation sites (tertiary alicyclic amines) is 1. The number of nitrogens with two attached hydrogens (primary N) is 1. The minimum Gasteiger partial charge on any atom is -0.326 e. The monoisotopic (exact) mass is 260 g/mol. The van der Waals surface area contributed by atoms with Gasteiger partial charge in [-0.1, -0.05) is 45.0 Å². The summed E-state index contributed by atoms with van der Waals surface area (Å²) >= 11 is 0. The van der Waals surface area contributed by atoms with Crippen molar-refractivity contribution in [3.8, 4) is 0 Å². The second-order valence-electron chi connectivity index (χ2n) is 6.89. The van der Waals surface area contributed by atoms with Gasteiger partial charge in [0, 0.05) is 13.1 Å². The fourth-order valence-corrected chi connectivity index (χ4v) is 3.11. The number of benzene rings is 1. The van der Waals surface area contributed by atoms with Crippen molar-refractivity contribution in [1.29, 1.82) is 0 Å². The maximum absolute atomic E-state index is 5.82. The van der Waals surface area contributed by atoms with Crippen molar-refractivity contribution in [3.63, 3.8) is 0 Å². The Morgan fingerprint density at radius 2 is 1.68 bits per heavy atom. The third-order valence-corrected chi connectivity index (χ3v) is 4.54. The van der Waals surface area contributed by atoms with Gasteiger partial charge < -0.3 is 5.73 Å². The molecule has 0 bridgehead atoms. The second-order valence-corrected chi connectivity index (χ2v) is 6.89. The molecule has 0 radical (unpaired) electrons. The van der Waals surface area contributed by atoms with Crippen LogP contribution in [-0.4, -0.2) is 18.0 Å². The number of hydrogen-bond donors (Lipinski definition) is 1. The van der Waals surface area contributed by atoms with E-state index in [4.69, 9.17) is 5.73 Å². The number of hydrogen-bond acceptors (Lipinski definition) is 2. The summed E-state index contributed by atoms with van der Waals surface area (Å²) in [5.74, 6) is 0.869. The lowest BCUT2D eigenvalue weighted by atomic mass is 9.75. The van der Waals surface area contributed by atoms with Crippen molar-refractivity contribution in [2.24, 2.45) is 17.1 Å². The Labute approximate surface area is 118 Å². The lowest BCUT2D eigenvalue weighted by molar-refractivity contribution is 0.108. The van der Waals surface area contributed by atoms with E-state index in [9.17, 15) is 0 Å². The van der Waals surface area contributed by atoms with Crippen molar-refractivity contribution < 1.29 is 0 Å². The lowest BCUT2D eigenvalue weighted by Crippen LogP contribution is -2.37. The van der Waals surface area contributed by atoms with Crippen LogP contribution in [0.3, 0.4) is 0 Å². The molecule has 1 aliphatic rings. The Bertz CT molecular complexity index is 398. The number of nitrogens with zero attached hydrogens (tertiary/aromatic N) is 1. The van der Waals surface area contributed by atoms with Crippen molar-refractivity contribution in [1.82, 2.24) is 4.90 Å². The van der Waals surface area contributed by atoms with E-state index in [1.54, 1.807) is 0 Å². The molecule has 0 saturated carbocycles. The molecule has 106 valence electrons. The summed E-state index contributed by atoms with van der Waals surface area (Å²) in [5.41, 5.74) is 8.97. The van der Waals surface area contributed by atoms with Crippen molar-refractivity contribution in [2.45, 2.75) is 46.7 Å². The van der Waals surface area contributed by atoms with Crippen LogP contribution in [0.25, 0.3) is 0 Å². The molecule has 0 atom stereocenters. The first kappa shape index (κ1) is 14.5. The van der Waals surface area contributed by atoms with Gasteiger partial charge in [-0.25, -0.2) is 0 Å². The summed E-state index contributed by atoms with van der Waals surface area (Å²) in [6.45, 7) is 11.3. The molecule has 1 aromatic carbocycles. The molecule has 0 spiro atoms. The Kier molecular flexibility index (Phi) is 4.64. The van der Waals surface area contributed by atoms with Crippen LogP contribution in [0.15, 0.2) is 24.3 Å². The largest absolute Gasteiger partial charge is 0.326 e. The van der Waals surface area contributed by atoms with Crippen LogP contribution in [0.1, 0.15) is 44.7 Å². The fourth-order valence-electron chi connectivity index (χ4n) is 3.11. The summed E-state index contributed by atoms with van der Waals surface area (Å²) in [6, 6.07) is 8.57. The number of rotatable bonds is 3. The minimum absolute atomic E-state index is 0.460. The molecule has 2 nitrogen and oxygen atoms in total. The summed E-state index contributed by atoms with van der Waals surface area (Å²) in [7, 11) is 0. The summed E-state index contributed by atoms with van der Waals surface area (Å²) in [4.78, 5) is 2.58. The zero-order valence-corrected chi connectivity index (χ0v) is 12.7. The normalized spacial score (nSPS) is 18.7. The van der Waals surface area contributed by atoms with E-state index in [-0.39, 0.29) is 0 Å². The molecule has 1 aliphatic heterocycles. The van der Waals surface area contributed by atoms with Gasteiger partial charge in [0.1, 0.15) is 0 Å². The van der Waals surface area contributed by atoms with Gasteiger partial charge in [-0.05, 0) is 48.4 Å². The van der Waals surface area contributed by atoms with Gasteiger partial charge in [0.2, 0.25) is 0 Å². The predicted octanol–water partition coefficient (Wildman–Crippen LogP) is 3.40. The molecule has 1 fully saturated rings. The molecule has 1 aromatic rings. The molecule has 2 N–H and O–H groups in total. The maximum atomic E-state index is 5.82. The second kappa shape index (κ2) is 6.06. The van der Waals surface area contributed by atoms with Crippen LogP contribution >= 0.6 is 0 Å². The standard InChI is InChI=1S/C17H28N2/c1-17(2,3)16-8-10-19(11-9-16)13-15-7-5-4-6-14(15)12-18/h4-7,16H,8-13,18H2,1-3H3. The topological polar surface area (TPSA) is 29.3 Å². The smallest absolute Gasteiger partial charge is 0.0236 e. The van der Waals surface area contributed by atoms with Gasteiger partial charge in [-0.3, -0.25) is 4.90 Å². The summed E-state index contributed by atoms with van der Waals surface area (Å²) in [5, 5.41) is 0. The highest BCUT2D eigenvalue weighted by Crippen LogP contribution is 2.34. The highest BCUT2D eigenvalue weighted by Gasteiger charge is 2.28. The van der Waals surface area contributed by atoms with Crippen molar-refractivity contribution in [3.05, 3.63) is 35.4 Å². The summed E-state index contributed by atoms with van der Waals surface area (Å²) in [6.07, 6.45) is 2.66. The Hall–Kier alpha value is -0.860. The van der Waals surface area contributed by atoms with Crippen molar-refractivity contribution in [2.75, 3.05) is 13.1 Å². The maximum Gasteiger partial charge on any atom is 0.0236 e. The van der Waals surface area contributed by atoms with Gasteiger partial charge in [-0.2, -0.15) is 0 Å². The van der Waals surface area contributed by atoms with Crippen LogP contribution in [0.2, 0.25) is 0 Å². The highest BCUT2D eigenvalue weighted by atomic mass is 15.1. The molecule has 0 unspecified atom stereocenters. The molecule has 0 amide bonds. The third kappa shape index (κ3) is 3.80. The van der Waals surface area contributed by atoms with Crippen LogP contribution < -0.4 is 5.73 Å². The highest BCUT2D eigenvalue weighted by molar-refractivity contribution is 5.26. The zero-order chi connectivity index (χ0) is 13.9. The van der Waals surface area contributed by atoms with Gasteiger partial charge >= 0.3 is 0 Å². The first-order chi connectivity index (χ1) is 9.00. The van der Waals surface area contributed by atoms with Crippen molar-refractivity contribution >= 4 is 0 Å². The van der Waals surface area contributed by atoms with Gasteiger partial charge in [0.25, 0.3) is 0 Å². The zero-order valence-electron chi connectivity index (χ0n) is 12.7. The Balaban J connectivity index is 1.92. The van der Waals surface area contributed by atoms with E-state index < -0.39 is 0 Å². The molecular formula is C17H28N2. The van der Waals surface area contributed by atoms with E-state index in [1.807, 2.05) is 0 Å². The van der Waals surface area contributed by atoms with Crippen LogP contribution in [0.5, 0.6) is 0 Å². The average Bonchev–Trinajstić information content (AvgIpc) is 2.39. The summed E-state index contributed by atoms with van der Waals surface area (Å²) < 4.78 is 0. The third-order valence-electron chi connectivity index (χ3n) is 4.54. The molecular weight excluding hydrogens is 232 g/mol. The SMILES string of the molecule is CC(C)(C)C1CCN(Cc2ccccc2CN)CC1. The molecule has 19 heavy (non-hydrogen) atoms. The fraction of sp³-hybridized carbons (Fsp3) is 0.647. The van der Waals surface area contributed by atoms with Gasteiger partial charge in [0.15, 0.2) is 0 Å². The van der Waals surface area contributed by atoms with E-state index in [1.165, 1.54) is 37.1 Å². The first-order valence-corrected chi connectivity index (χ1v) is 7.50. The van der Waals surface area contributed by atoms with E-state index in [2.05, 4.69) is 49.9 Å².